The van der Waals surface area contributed by atoms with E-state index in [1.165, 1.54) is 33.4 Å². The standard InChI is InChI=1S/2C15H17.C2H6Si.2ClH.Ti/c2*1-15(2,3)14-10-9-13(11-14)12-7-5-4-6-8-12;1-3-2;;;/h2*4-8,11H,9H2,1-3H3;1-2H3;2*1H;/q2*-1;;;;+2/p-2. The molecule has 0 amide bonds. The van der Waals surface area contributed by atoms with Gasteiger partial charge in [0.05, 0.1) is 0 Å². The maximum Gasteiger partial charge on any atom is -1.00 e. The molecule has 2 aliphatic rings. The van der Waals surface area contributed by atoms with Gasteiger partial charge in [-0.05, 0) is 22.0 Å². The summed E-state index contributed by atoms with van der Waals surface area (Å²) in [4.78, 5) is 0. The Hall–Kier alpha value is -1.09. The number of hydrogen-bond donors (Lipinski definition) is 0. The van der Waals surface area contributed by atoms with E-state index in [-0.39, 0.29) is 41.8 Å². The van der Waals surface area contributed by atoms with E-state index in [0.717, 1.165) is 12.8 Å². The molecule has 0 bridgehead atoms. The van der Waals surface area contributed by atoms with Gasteiger partial charge in [-0.25, -0.2) is 23.3 Å². The number of rotatable bonds is 2. The zero-order chi connectivity index (χ0) is 25.4. The second-order valence-electron chi connectivity index (χ2n) is 11.1. The molecule has 0 unspecified atom stereocenters. The van der Waals surface area contributed by atoms with E-state index in [1.807, 2.05) is 0 Å². The van der Waals surface area contributed by atoms with Crippen LogP contribution in [0.25, 0.3) is 11.1 Å². The first-order chi connectivity index (χ1) is 15.9. The van der Waals surface area contributed by atoms with Crippen molar-refractivity contribution in [3.8, 4) is 0 Å². The Bertz CT molecular complexity index is 993. The smallest absolute Gasteiger partial charge is 1.00 e. The first-order valence-corrected chi connectivity index (χ1v) is 17.0. The van der Waals surface area contributed by atoms with Gasteiger partial charge >= 0.3 is 38.5 Å². The second-order valence-corrected chi connectivity index (χ2v) is 17.8. The molecule has 36 heavy (non-hydrogen) atoms. The Morgan fingerprint density at radius 1 is 0.611 bits per heavy atom. The van der Waals surface area contributed by atoms with Crippen molar-refractivity contribution in [2.75, 3.05) is 0 Å². The molecule has 0 fully saturated rings. The van der Waals surface area contributed by atoms with Crippen molar-refractivity contribution in [1.82, 2.24) is 0 Å². The molecule has 0 spiro atoms. The van der Waals surface area contributed by atoms with Crippen LogP contribution in [0.3, 0.4) is 0 Å². The molecule has 0 nitrogen and oxygen atoms in total. The van der Waals surface area contributed by atoms with E-state index in [4.69, 9.17) is 0 Å². The molecule has 2 aromatic rings. The predicted molar refractivity (Wildman–Crippen MR) is 148 cm³/mol. The molecule has 0 radical (unpaired) electrons. The van der Waals surface area contributed by atoms with E-state index in [9.17, 15) is 0 Å². The molecule has 0 heterocycles. The maximum absolute atomic E-state index is 3.47. The fraction of sp³-hybridized carbons (Fsp3) is 0.375. The number of hydrogen-bond acceptors (Lipinski definition) is 0. The predicted octanol–water partition coefficient (Wildman–Crippen LogP) is 3.29. The Morgan fingerprint density at radius 3 is 1.11 bits per heavy atom. The average Bonchev–Trinajstić information content (AvgIpc) is 3.45. The third kappa shape index (κ3) is 12.0. The second kappa shape index (κ2) is 16.0. The minimum atomic E-state index is 0. The molecule has 4 heteroatoms. The van der Waals surface area contributed by atoms with Gasteiger partial charge in [0.25, 0.3) is 0 Å². The number of benzene rings is 2. The van der Waals surface area contributed by atoms with Crippen LogP contribution in [0, 0.1) is 23.0 Å². The van der Waals surface area contributed by atoms with Gasteiger partial charge in [0.15, 0.2) is 0 Å². The fourth-order valence-corrected chi connectivity index (χ4v) is 3.57. The first kappa shape index (κ1) is 34.9. The van der Waals surface area contributed by atoms with E-state index < -0.39 is 0 Å². The maximum atomic E-state index is 3.47. The molecule has 4 rings (SSSR count). The van der Waals surface area contributed by atoms with Gasteiger partial charge in [-0.15, -0.1) is 24.0 Å². The molecule has 192 valence electrons. The van der Waals surface area contributed by atoms with Crippen LogP contribution in [0.2, 0.25) is 13.1 Å². The first-order valence-electron chi connectivity index (χ1n) is 12.1. The molecule has 2 aromatic carbocycles. The summed E-state index contributed by atoms with van der Waals surface area (Å²) in [6.07, 6.45) is 13.5. The van der Waals surface area contributed by atoms with Crippen LogP contribution in [0.5, 0.6) is 0 Å². The topological polar surface area (TPSA) is 0 Å². The van der Waals surface area contributed by atoms with Crippen molar-refractivity contribution in [2.24, 2.45) is 10.8 Å². The summed E-state index contributed by atoms with van der Waals surface area (Å²) < 4.78 is 0. The van der Waals surface area contributed by atoms with Gasteiger partial charge in [0.1, 0.15) is 0 Å². The van der Waals surface area contributed by atoms with Gasteiger partial charge < -0.3 is 24.8 Å². The normalized spacial score (nSPS) is 14.3. The van der Waals surface area contributed by atoms with Crippen LogP contribution in [-0.2, 0) is 19.2 Å². The van der Waals surface area contributed by atoms with E-state index in [0.29, 0.717) is 0 Å². The van der Waals surface area contributed by atoms with Gasteiger partial charge in [-0.3, -0.25) is 12.2 Å². The summed E-state index contributed by atoms with van der Waals surface area (Å²) in [5, 5.41) is 0. The Kier molecular flexibility index (Phi) is 15.5. The third-order valence-corrected chi connectivity index (χ3v) is 5.48. The average molecular weight is 572 g/mol. The zero-order valence-electron chi connectivity index (χ0n) is 23.1. The van der Waals surface area contributed by atoms with Crippen LogP contribution < -0.4 is 24.8 Å². The van der Waals surface area contributed by atoms with Gasteiger partial charge in [-0.2, -0.15) is 0 Å². The minimum absolute atomic E-state index is 0. The van der Waals surface area contributed by atoms with E-state index in [1.54, 1.807) is 0 Å². The summed E-state index contributed by atoms with van der Waals surface area (Å²) in [6, 6.07) is 21.1. The molecule has 2 aliphatic carbocycles. The van der Waals surface area contributed by atoms with Crippen LogP contribution in [-0.4, -0.2) is 6.19 Å². The largest absolute Gasteiger partial charge is 1.00 e. The van der Waals surface area contributed by atoms with Crippen molar-refractivity contribution in [1.29, 1.82) is 0 Å². The van der Waals surface area contributed by atoms with Crippen LogP contribution in [0.4, 0.5) is 0 Å². The zero-order valence-corrected chi connectivity index (χ0v) is 27.2. The van der Waals surface area contributed by atoms with Crippen molar-refractivity contribution in [2.45, 2.75) is 67.5 Å². The molecular weight excluding hydrogens is 531 g/mol. The van der Waals surface area contributed by atoms with Crippen molar-refractivity contribution >= 4 is 17.3 Å². The quantitative estimate of drug-likeness (QED) is 0.384. The Balaban J connectivity index is 0.000000566. The molecule has 0 aromatic heterocycles. The van der Waals surface area contributed by atoms with Gasteiger partial charge in [0.2, 0.25) is 0 Å². The van der Waals surface area contributed by atoms with Crippen LogP contribution >= 0.6 is 0 Å². The van der Waals surface area contributed by atoms with Crippen LogP contribution in [0.1, 0.15) is 65.5 Å². The molecule has 0 saturated heterocycles. The summed E-state index contributed by atoms with van der Waals surface area (Å²) in [5.74, 6) is 0. The summed E-state index contributed by atoms with van der Waals surface area (Å²) in [7, 11) is 0. The SMILES string of the molecule is CC(C)(C)C1=[C-]CC(c2ccccc2)=C1.CC(C)(C)C1=[C-]CC(c2ccccc2)=C1.C[Si](C)=[Ti+2].[Cl-].[Cl-]. The van der Waals surface area contributed by atoms with Gasteiger partial charge in [0, 0.05) is 0 Å². The molecule has 0 atom stereocenters. The summed E-state index contributed by atoms with van der Waals surface area (Å²) in [5.41, 5.74) is 8.53. The summed E-state index contributed by atoms with van der Waals surface area (Å²) in [6.45, 7) is 18.0. The Labute approximate surface area is 245 Å². The molecule has 0 saturated carbocycles. The van der Waals surface area contributed by atoms with E-state index >= 15 is 0 Å². The molecule has 0 N–H and O–H groups in total. The third-order valence-electron chi connectivity index (χ3n) is 5.48. The van der Waals surface area contributed by atoms with Gasteiger partial charge in [-0.1, -0.05) is 102 Å². The fourth-order valence-electron chi connectivity index (χ4n) is 3.57. The number of halogens is 2. The Morgan fingerprint density at radius 2 is 0.889 bits per heavy atom. The monoisotopic (exact) mass is 570 g/mol. The van der Waals surface area contributed by atoms with Crippen molar-refractivity contribution in [3.05, 3.63) is 107 Å². The molecule has 0 aliphatic heterocycles. The molecular formula is C32H40Cl2SiTi-2. The summed E-state index contributed by atoms with van der Waals surface area (Å²) >= 11 is 2.27. The van der Waals surface area contributed by atoms with Crippen molar-refractivity contribution < 1.29 is 44.0 Å². The number of allylic oxidation sites excluding steroid dienone is 8. The van der Waals surface area contributed by atoms with Crippen molar-refractivity contribution in [3.63, 3.8) is 0 Å². The minimum Gasteiger partial charge on any atom is -1.00 e. The van der Waals surface area contributed by atoms with Crippen LogP contribution in [0.15, 0.2) is 84.0 Å². The van der Waals surface area contributed by atoms with E-state index in [2.05, 4.69) is 159 Å².